The summed E-state index contributed by atoms with van der Waals surface area (Å²) < 4.78 is 24.3. The Bertz CT molecular complexity index is 992. The fourth-order valence-corrected chi connectivity index (χ4v) is 7.05. The minimum Gasteiger partial charge on any atom is -0.382 e. The van der Waals surface area contributed by atoms with Gasteiger partial charge in [-0.25, -0.2) is 8.42 Å². The SMILES string of the molecule is CN1CCC(CCS(=O)(=O)c2ccccc2)CC1.NCO.c1ccc(C2CCN(CCC3CCC3)C2)cc1. The predicted molar refractivity (Wildman–Crippen MR) is 157 cm³/mol. The maximum absolute atomic E-state index is 12.1. The molecule has 3 aliphatic rings. The minimum atomic E-state index is -3.09. The Balaban J connectivity index is 0.000000191. The van der Waals surface area contributed by atoms with Gasteiger partial charge in [-0.05, 0) is 101 Å². The second-order valence-electron chi connectivity index (χ2n) is 11.1. The van der Waals surface area contributed by atoms with Gasteiger partial charge in [-0.15, -0.1) is 0 Å². The summed E-state index contributed by atoms with van der Waals surface area (Å²) in [5.74, 6) is 2.70. The Morgan fingerprint density at radius 1 is 0.842 bits per heavy atom. The third-order valence-corrected chi connectivity index (χ3v) is 10.1. The highest BCUT2D eigenvalue weighted by Crippen LogP contribution is 2.32. The van der Waals surface area contributed by atoms with E-state index < -0.39 is 9.84 Å². The molecule has 2 aromatic carbocycles. The summed E-state index contributed by atoms with van der Waals surface area (Å²) in [5.41, 5.74) is 5.94. The molecule has 1 saturated carbocycles. The highest BCUT2D eigenvalue weighted by molar-refractivity contribution is 7.91. The van der Waals surface area contributed by atoms with Crippen LogP contribution in [0, 0.1) is 11.8 Å². The zero-order valence-corrected chi connectivity index (χ0v) is 24.1. The third kappa shape index (κ3) is 10.4. The van der Waals surface area contributed by atoms with E-state index in [-0.39, 0.29) is 12.5 Å². The van der Waals surface area contributed by atoms with Crippen molar-refractivity contribution < 1.29 is 13.5 Å². The predicted octanol–water partition coefficient (Wildman–Crippen LogP) is 4.75. The van der Waals surface area contributed by atoms with Crippen molar-refractivity contribution in [2.45, 2.75) is 62.2 Å². The summed E-state index contributed by atoms with van der Waals surface area (Å²) in [7, 11) is -0.965. The van der Waals surface area contributed by atoms with E-state index in [2.05, 4.69) is 52.9 Å². The average molecular weight is 544 g/mol. The number of benzene rings is 2. The Hall–Kier alpha value is -1.77. The summed E-state index contributed by atoms with van der Waals surface area (Å²) in [6.45, 7) is 5.88. The van der Waals surface area contributed by atoms with Crippen molar-refractivity contribution >= 4 is 9.84 Å². The minimum absolute atomic E-state index is 0.250. The van der Waals surface area contributed by atoms with Crippen LogP contribution in [0.15, 0.2) is 65.6 Å². The number of piperidine rings is 1. The van der Waals surface area contributed by atoms with Gasteiger partial charge in [-0.3, -0.25) is 0 Å². The van der Waals surface area contributed by atoms with Crippen molar-refractivity contribution in [2.24, 2.45) is 17.6 Å². The summed E-state index contributed by atoms with van der Waals surface area (Å²) >= 11 is 0. The lowest BCUT2D eigenvalue weighted by atomic mass is 9.83. The van der Waals surface area contributed by atoms with E-state index in [9.17, 15) is 8.42 Å². The summed E-state index contributed by atoms with van der Waals surface area (Å²) in [4.78, 5) is 5.44. The lowest BCUT2D eigenvalue weighted by Gasteiger charge is -2.28. The van der Waals surface area contributed by atoms with E-state index in [1.54, 1.807) is 29.8 Å². The van der Waals surface area contributed by atoms with Crippen LogP contribution in [-0.4, -0.2) is 75.6 Å². The molecule has 0 radical (unpaired) electrons. The number of nitrogens with two attached hydrogens (primary N) is 1. The molecular weight excluding hydrogens is 494 g/mol. The first kappa shape index (κ1) is 30.8. The first-order valence-electron chi connectivity index (χ1n) is 14.5. The van der Waals surface area contributed by atoms with Gasteiger partial charge < -0.3 is 20.6 Å². The van der Waals surface area contributed by atoms with Crippen molar-refractivity contribution in [3.63, 3.8) is 0 Å². The second-order valence-corrected chi connectivity index (χ2v) is 13.2. The van der Waals surface area contributed by atoms with E-state index in [1.165, 1.54) is 51.7 Å². The van der Waals surface area contributed by atoms with Crippen LogP contribution in [0.5, 0.6) is 0 Å². The van der Waals surface area contributed by atoms with Crippen LogP contribution < -0.4 is 5.73 Å². The molecule has 212 valence electrons. The molecule has 6 nitrogen and oxygen atoms in total. The molecule has 1 unspecified atom stereocenters. The molecule has 38 heavy (non-hydrogen) atoms. The smallest absolute Gasteiger partial charge is 0.178 e. The van der Waals surface area contributed by atoms with E-state index in [4.69, 9.17) is 5.11 Å². The van der Waals surface area contributed by atoms with Crippen molar-refractivity contribution in [3.05, 3.63) is 66.2 Å². The average Bonchev–Trinajstić information content (AvgIpc) is 3.39. The first-order valence-corrected chi connectivity index (χ1v) is 16.1. The maximum Gasteiger partial charge on any atom is 0.178 e. The molecule has 2 saturated heterocycles. The van der Waals surface area contributed by atoms with Gasteiger partial charge in [0.05, 0.1) is 17.4 Å². The molecule has 0 spiro atoms. The molecule has 0 amide bonds. The number of likely N-dealkylation sites (tertiary alicyclic amines) is 2. The van der Waals surface area contributed by atoms with Crippen molar-refractivity contribution in [1.29, 1.82) is 0 Å². The topological polar surface area (TPSA) is 86.9 Å². The zero-order chi connectivity index (χ0) is 27.2. The molecular formula is C31H49N3O3S. The van der Waals surface area contributed by atoms with Crippen LogP contribution in [-0.2, 0) is 9.84 Å². The van der Waals surface area contributed by atoms with Gasteiger partial charge in [-0.1, -0.05) is 67.8 Å². The standard InChI is InChI=1S/C16H23N.C14H21NO2S.CH5NO/c1-2-7-15(8-3-1)16-10-12-17(13-16)11-9-14-5-4-6-14;1-15-10-7-13(8-11-15)9-12-18(16,17)14-5-3-2-4-6-14;2-1-3/h1-3,7-8,14,16H,4-6,9-13H2;2-6,13H,7-12H2,1H3;3H,1-2H2. The van der Waals surface area contributed by atoms with Crippen LogP contribution in [0.4, 0.5) is 0 Å². The quantitative estimate of drug-likeness (QED) is 0.467. The number of rotatable bonds is 8. The van der Waals surface area contributed by atoms with Crippen molar-refractivity contribution in [3.8, 4) is 0 Å². The van der Waals surface area contributed by atoms with Gasteiger partial charge in [0, 0.05) is 6.54 Å². The molecule has 1 aliphatic carbocycles. The number of hydrogen-bond donors (Lipinski definition) is 2. The highest BCUT2D eigenvalue weighted by Gasteiger charge is 2.25. The van der Waals surface area contributed by atoms with E-state index in [0.29, 0.717) is 10.8 Å². The Labute approximate surface area is 231 Å². The molecule has 2 aliphatic heterocycles. The Morgan fingerprint density at radius 2 is 1.42 bits per heavy atom. The lowest BCUT2D eigenvalue weighted by Crippen LogP contribution is -2.30. The first-order chi connectivity index (χ1) is 18.4. The normalized spacial score (nSPS) is 21.1. The molecule has 2 heterocycles. The number of nitrogens with zero attached hydrogens (tertiary/aromatic N) is 2. The van der Waals surface area contributed by atoms with Crippen LogP contribution in [0.2, 0.25) is 0 Å². The highest BCUT2D eigenvalue weighted by atomic mass is 32.2. The molecule has 7 heteroatoms. The molecule has 5 rings (SSSR count). The number of sulfone groups is 1. The van der Waals surface area contributed by atoms with Gasteiger partial charge in [0.2, 0.25) is 0 Å². The van der Waals surface area contributed by atoms with Crippen LogP contribution >= 0.6 is 0 Å². The maximum atomic E-state index is 12.1. The second kappa shape index (κ2) is 16.4. The monoisotopic (exact) mass is 543 g/mol. The van der Waals surface area contributed by atoms with Gasteiger partial charge in [-0.2, -0.15) is 0 Å². The largest absolute Gasteiger partial charge is 0.382 e. The molecule has 0 bridgehead atoms. The van der Waals surface area contributed by atoms with Gasteiger partial charge in [0.1, 0.15) is 0 Å². The summed E-state index contributed by atoms with van der Waals surface area (Å²) in [6.07, 6.45) is 10.3. The third-order valence-electron chi connectivity index (χ3n) is 8.36. The summed E-state index contributed by atoms with van der Waals surface area (Å²) in [6, 6.07) is 19.8. The number of hydrogen-bond acceptors (Lipinski definition) is 6. The van der Waals surface area contributed by atoms with Crippen molar-refractivity contribution in [2.75, 3.05) is 52.3 Å². The fourth-order valence-electron chi connectivity index (χ4n) is 5.60. The molecule has 2 aromatic rings. The Morgan fingerprint density at radius 3 is 2.00 bits per heavy atom. The van der Waals surface area contributed by atoms with Crippen LogP contribution in [0.3, 0.4) is 0 Å². The van der Waals surface area contributed by atoms with Crippen LogP contribution in [0.1, 0.15) is 62.8 Å². The molecule has 0 aromatic heterocycles. The molecule has 3 fully saturated rings. The van der Waals surface area contributed by atoms with E-state index in [1.807, 2.05) is 6.07 Å². The lowest BCUT2D eigenvalue weighted by molar-refractivity contribution is 0.216. The van der Waals surface area contributed by atoms with Crippen LogP contribution in [0.25, 0.3) is 0 Å². The number of aliphatic hydroxyl groups excluding tert-OH is 1. The molecule has 3 N–H and O–H groups in total. The zero-order valence-electron chi connectivity index (χ0n) is 23.3. The van der Waals surface area contributed by atoms with Crippen molar-refractivity contribution in [1.82, 2.24) is 9.80 Å². The summed E-state index contributed by atoms with van der Waals surface area (Å²) in [5, 5.41) is 7.35. The van der Waals surface area contributed by atoms with Gasteiger partial charge in [0.25, 0.3) is 0 Å². The van der Waals surface area contributed by atoms with Gasteiger partial charge in [0.15, 0.2) is 9.84 Å². The molecule has 1 atom stereocenters. The fraction of sp³-hybridized carbons (Fsp3) is 0.613. The van der Waals surface area contributed by atoms with E-state index >= 15 is 0 Å². The van der Waals surface area contributed by atoms with Gasteiger partial charge >= 0.3 is 0 Å². The Kier molecular flexibility index (Phi) is 13.2. The van der Waals surface area contributed by atoms with E-state index in [0.717, 1.165) is 44.2 Å². The number of aliphatic hydroxyl groups is 1.